The molecular formula is C48H32N2. The number of fused-ring (bicyclic) bond motifs is 6. The minimum Gasteiger partial charge on any atom is -0.309 e. The maximum atomic E-state index is 8.81. The SMILES string of the molecule is [2H]c1c([2H])c([2H])c(-c2ccccc2-c2cccc3c2c2ccccc2n3-c2ccc3c(c2)c2ccccc2n3-c2ccccc2-c2c([2H])c([2H])c([2H])c([2H])c2[2H])c([2H])c1[2H]. The third-order valence-corrected chi connectivity index (χ3v) is 9.51. The summed E-state index contributed by atoms with van der Waals surface area (Å²) in [5, 5.41) is 3.85. The van der Waals surface area contributed by atoms with Crippen LogP contribution < -0.4 is 0 Å². The van der Waals surface area contributed by atoms with Gasteiger partial charge in [0.1, 0.15) is 0 Å². The molecule has 0 aliphatic rings. The smallest absolute Gasteiger partial charge is 0.0629 e. The maximum Gasteiger partial charge on any atom is 0.0629 e. The van der Waals surface area contributed by atoms with E-state index in [2.05, 4.69) is 51.6 Å². The van der Waals surface area contributed by atoms with Crippen molar-refractivity contribution in [3.8, 4) is 44.8 Å². The lowest BCUT2D eigenvalue weighted by atomic mass is 9.92. The quantitative estimate of drug-likeness (QED) is 0.176. The molecule has 0 atom stereocenters. The molecule has 2 heterocycles. The predicted molar refractivity (Wildman–Crippen MR) is 211 cm³/mol. The van der Waals surface area contributed by atoms with Crippen molar-refractivity contribution in [2.75, 3.05) is 0 Å². The van der Waals surface area contributed by atoms with E-state index in [-0.39, 0.29) is 59.5 Å². The second-order valence-corrected chi connectivity index (χ2v) is 12.2. The summed E-state index contributed by atoms with van der Waals surface area (Å²) in [5.74, 6) is 0. The Bertz CT molecular complexity index is 3400. The predicted octanol–water partition coefficient (Wildman–Crippen LogP) is 12.9. The molecule has 0 bridgehead atoms. The van der Waals surface area contributed by atoms with Crippen LogP contribution in [-0.4, -0.2) is 9.13 Å². The fraction of sp³-hybridized carbons (Fsp3) is 0. The molecule has 2 heteroatoms. The topological polar surface area (TPSA) is 9.86 Å². The fourth-order valence-corrected chi connectivity index (χ4v) is 7.47. The Morgan fingerprint density at radius 2 is 0.900 bits per heavy atom. The van der Waals surface area contributed by atoms with E-state index in [1.165, 1.54) is 0 Å². The lowest BCUT2D eigenvalue weighted by Crippen LogP contribution is -1.98. The molecule has 234 valence electrons. The molecule has 0 radical (unpaired) electrons. The number of rotatable bonds is 5. The Morgan fingerprint density at radius 3 is 1.66 bits per heavy atom. The summed E-state index contributed by atoms with van der Waals surface area (Å²) >= 11 is 0. The lowest BCUT2D eigenvalue weighted by molar-refractivity contribution is 1.17. The van der Waals surface area contributed by atoms with Crippen LogP contribution in [0.1, 0.15) is 13.7 Å². The first-order valence-corrected chi connectivity index (χ1v) is 16.4. The molecular weight excluding hydrogens is 605 g/mol. The van der Waals surface area contributed by atoms with Gasteiger partial charge < -0.3 is 9.13 Å². The van der Waals surface area contributed by atoms with Crippen molar-refractivity contribution in [2.24, 2.45) is 0 Å². The Morgan fingerprint density at radius 1 is 0.360 bits per heavy atom. The van der Waals surface area contributed by atoms with Gasteiger partial charge in [0, 0.05) is 32.8 Å². The molecule has 10 aromatic rings. The number of hydrogen-bond acceptors (Lipinski definition) is 0. The zero-order valence-electron chi connectivity index (χ0n) is 36.6. The second kappa shape index (κ2) is 11.5. The van der Waals surface area contributed by atoms with Gasteiger partial charge in [0.15, 0.2) is 0 Å². The normalized spacial score (nSPS) is 14.4. The fourth-order valence-electron chi connectivity index (χ4n) is 7.47. The van der Waals surface area contributed by atoms with Crippen LogP contribution in [-0.2, 0) is 0 Å². The number of hydrogen-bond donors (Lipinski definition) is 0. The summed E-state index contributed by atoms with van der Waals surface area (Å²) in [4.78, 5) is 0. The second-order valence-electron chi connectivity index (χ2n) is 12.2. The van der Waals surface area contributed by atoms with Gasteiger partial charge in [0.05, 0.1) is 41.5 Å². The molecule has 0 saturated carbocycles. The average molecular weight is 647 g/mol. The van der Waals surface area contributed by atoms with E-state index < -0.39 is 12.1 Å². The summed E-state index contributed by atoms with van der Waals surface area (Å²) < 4.78 is 89.5. The summed E-state index contributed by atoms with van der Waals surface area (Å²) in [6.45, 7) is 0. The minimum absolute atomic E-state index is 0.133. The molecule has 0 aliphatic carbocycles. The van der Waals surface area contributed by atoms with Crippen molar-refractivity contribution in [1.82, 2.24) is 9.13 Å². The molecule has 0 amide bonds. The summed E-state index contributed by atoms with van der Waals surface area (Å²) in [6, 6.07) is 39.9. The van der Waals surface area contributed by atoms with E-state index in [1.54, 1.807) is 12.1 Å². The molecule has 0 unspecified atom stereocenters. The van der Waals surface area contributed by atoms with Gasteiger partial charge in [0.25, 0.3) is 0 Å². The Balaban J connectivity index is 1.22. The average Bonchev–Trinajstić information content (AvgIpc) is 3.79. The van der Waals surface area contributed by atoms with Gasteiger partial charge in [-0.25, -0.2) is 0 Å². The Hall–Kier alpha value is -6.64. The highest BCUT2D eigenvalue weighted by Crippen LogP contribution is 2.43. The number of benzene rings is 8. The van der Waals surface area contributed by atoms with Gasteiger partial charge in [0.2, 0.25) is 0 Å². The maximum absolute atomic E-state index is 8.81. The standard InChI is InChI=1S/C48H32N2/c1-3-16-33(17-4-1)36-20-7-8-22-38(36)40-25-15-29-47-48(40)41-24-11-14-28-45(41)49(47)35-30-31-46-42(32-35)39-23-10-13-27-44(39)50(46)43-26-12-9-21-37(43)34-18-5-2-6-19-34/h1-32H/i1D,2D,3D,4D,5D,6D,16D,17D,18D,19D. The first-order chi connectivity index (χ1) is 29.0. The molecule has 8 aromatic carbocycles. The summed E-state index contributed by atoms with van der Waals surface area (Å²) in [7, 11) is 0. The number of nitrogens with zero attached hydrogens (tertiary/aromatic N) is 2. The van der Waals surface area contributed by atoms with Crippen molar-refractivity contribution < 1.29 is 13.7 Å². The van der Waals surface area contributed by atoms with Crippen LogP contribution in [0.15, 0.2) is 194 Å². The number of aromatic nitrogens is 2. The molecule has 0 fully saturated rings. The van der Waals surface area contributed by atoms with E-state index in [4.69, 9.17) is 13.7 Å². The van der Waals surface area contributed by atoms with Crippen LogP contribution in [0, 0.1) is 0 Å². The zero-order valence-corrected chi connectivity index (χ0v) is 26.6. The largest absolute Gasteiger partial charge is 0.309 e. The summed E-state index contributed by atoms with van der Waals surface area (Å²) in [5.41, 5.74) is 8.12. The van der Waals surface area contributed by atoms with Crippen LogP contribution in [0.3, 0.4) is 0 Å². The first kappa shape index (κ1) is 20.0. The van der Waals surface area contributed by atoms with Crippen LogP contribution in [0.2, 0.25) is 0 Å². The summed E-state index contributed by atoms with van der Waals surface area (Å²) in [6.07, 6.45) is 0. The van der Waals surface area contributed by atoms with E-state index in [1.807, 2.05) is 78.9 Å². The van der Waals surface area contributed by atoms with Gasteiger partial charge in [-0.2, -0.15) is 0 Å². The molecule has 0 spiro atoms. The molecule has 10 rings (SSSR count). The van der Waals surface area contributed by atoms with Crippen molar-refractivity contribution in [1.29, 1.82) is 0 Å². The van der Waals surface area contributed by atoms with E-state index in [0.717, 1.165) is 60.4 Å². The van der Waals surface area contributed by atoms with Gasteiger partial charge in [-0.3, -0.25) is 0 Å². The van der Waals surface area contributed by atoms with Crippen molar-refractivity contribution in [3.05, 3.63) is 194 Å². The van der Waals surface area contributed by atoms with Crippen molar-refractivity contribution in [3.63, 3.8) is 0 Å². The molecule has 0 N–H and O–H groups in total. The van der Waals surface area contributed by atoms with Gasteiger partial charge in [-0.05, 0) is 70.3 Å². The highest BCUT2D eigenvalue weighted by Gasteiger charge is 2.20. The van der Waals surface area contributed by atoms with Crippen LogP contribution in [0.4, 0.5) is 0 Å². The van der Waals surface area contributed by atoms with E-state index in [0.29, 0.717) is 16.8 Å². The third kappa shape index (κ3) is 4.36. The van der Waals surface area contributed by atoms with Gasteiger partial charge in [-0.15, -0.1) is 0 Å². The molecule has 0 aliphatic heterocycles. The first-order valence-electron chi connectivity index (χ1n) is 21.4. The third-order valence-electron chi connectivity index (χ3n) is 9.51. The minimum atomic E-state index is -0.439. The Kier molecular flexibility index (Phi) is 4.60. The number of para-hydroxylation sites is 3. The highest BCUT2D eigenvalue weighted by molar-refractivity contribution is 6.17. The molecule has 50 heavy (non-hydrogen) atoms. The van der Waals surface area contributed by atoms with Crippen molar-refractivity contribution in [2.45, 2.75) is 0 Å². The zero-order chi connectivity index (χ0) is 41.7. The van der Waals surface area contributed by atoms with Crippen LogP contribution in [0.5, 0.6) is 0 Å². The Labute approximate surface area is 304 Å². The lowest BCUT2D eigenvalue weighted by Gasteiger charge is -2.14. The van der Waals surface area contributed by atoms with Gasteiger partial charge >= 0.3 is 0 Å². The van der Waals surface area contributed by atoms with Crippen LogP contribution >= 0.6 is 0 Å². The van der Waals surface area contributed by atoms with Gasteiger partial charge in [-0.1, -0.05) is 151 Å². The molecule has 2 nitrogen and oxygen atoms in total. The van der Waals surface area contributed by atoms with Crippen LogP contribution in [0.25, 0.3) is 88.4 Å². The van der Waals surface area contributed by atoms with Crippen molar-refractivity contribution >= 4 is 43.6 Å². The highest BCUT2D eigenvalue weighted by atomic mass is 15.0. The molecule has 2 aromatic heterocycles. The molecule has 0 saturated heterocycles. The van der Waals surface area contributed by atoms with E-state index >= 15 is 0 Å². The monoisotopic (exact) mass is 646 g/mol. The van der Waals surface area contributed by atoms with E-state index in [9.17, 15) is 0 Å².